The van der Waals surface area contributed by atoms with Crippen molar-refractivity contribution in [2.45, 2.75) is 6.92 Å². The van der Waals surface area contributed by atoms with E-state index in [1.165, 1.54) is 0 Å². The molecule has 0 bridgehead atoms. The van der Waals surface area contributed by atoms with Gasteiger partial charge in [0.1, 0.15) is 13.2 Å². The van der Waals surface area contributed by atoms with E-state index in [0.717, 1.165) is 10.0 Å². The number of benzene rings is 1. The number of carbonyl (C=O) groups excluding carboxylic acids is 1. The zero-order valence-electron chi connectivity index (χ0n) is 9.80. The first-order chi connectivity index (χ1) is 8.15. The molecule has 0 saturated heterocycles. The Labute approximate surface area is 108 Å². The van der Waals surface area contributed by atoms with Crippen LogP contribution in [-0.4, -0.2) is 32.6 Å². The number of halogens is 1. The van der Waals surface area contributed by atoms with Crippen molar-refractivity contribution < 1.29 is 14.3 Å². The molecule has 1 aromatic carbocycles. The molecular weight excluding hydrogens is 286 g/mol. The molecule has 0 unspecified atom stereocenters. The first-order valence-corrected chi connectivity index (χ1v) is 6.21. The van der Waals surface area contributed by atoms with Crippen LogP contribution in [-0.2, 0) is 0 Å². The second-order valence-electron chi connectivity index (χ2n) is 3.84. The highest BCUT2D eigenvalue weighted by atomic mass is 79.9. The van der Waals surface area contributed by atoms with Crippen LogP contribution in [0.1, 0.15) is 15.9 Å². The molecule has 1 aromatic rings. The Morgan fingerprint density at radius 2 is 2.18 bits per heavy atom. The molecule has 0 fully saturated rings. The number of nitrogens with one attached hydrogen (secondary N) is 1. The molecule has 92 valence electrons. The molecule has 1 N–H and O–H groups in total. The van der Waals surface area contributed by atoms with Crippen LogP contribution in [0.4, 0.5) is 0 Å². The van der Waals surface area contributed by atoms with E-state index in [1.807, 2.05) is 13.0 Å². The number of ether oxygens (including phenoxy) is 2. The molecular formula is C12H14BrNO3. The molecule has 0 atom stereocenters. The van der Waals surface area contributed by atoms with Gasteiger partial charge in [-0.2, -0.15) is 0 Å². The number of fused-ring (bicyclic) bond motifs is 1. The Morgan fingerprint density at radius 1 is 1.47 bits per heavy atom. The maximum absolute atomic E-state index is 12.1. The molecule has 1 aliphatic rings. The van der Waals surface area contributed by atoms with Gasteiger partial charge in [0, 0.05) is 4.47 Å². The number of rotatable bonds is 3. The van der Waals surface area contributed by atoms with Crippen molar-refractivity contribution in [3.8, 4) is 11.5 Å². The normalized spacial score (nSPS) is 13.6. The predicted octanol–water partition coefficient (Wildman–Crippen LogP) is 1.93. The number of hydrogen-bond acceptors (Lipinski definition) is 4. The van der Waals surface area contributed by atoms with Gasteiger partial charge in [0.15, 0.2) is 17.3 Å². The molecule has 5 heteroatoms. The van der Waals surface area contributed by atoms with Gasteiger partial charge >= 0.3 is 0 Å². The third kappa shape index (κ3) is 2.30. The summed E-state index contributed by atoms with van der Waals surface area (Å²) < 4.78 is 11.9. The first kappa shape index (κ1) is 12.4. The van der Waals surface area contributed by atoms with Crippen LogP contribution < -0.4 is 14.8 Å². The van der Waals surface area contributed by atoms with Gasteiger partial charge in [0.25, 0.3) is 0 Å². The van der Waals surface area contributed by atoms with Crippen molar-refractivity contribution in [3.63, 3.8) is 0 Å². The molecule has 0 radical (unpaired) electrons. The standard InChI is InChI=1S/C12H14BrNO3/c1-7-8(13)5-10-12(17-4-3-16-10)11(7)9(15)6-14-2/h5,14H,3-4,6H2,1-2H3. The summed E-state index contributed by atoms with van der Waals surface area (Å²) in [5.41, 5.74) is 1.48. The van der Waals surface area contributed by atoms with E-state index in [1.54, 1.807) is 7.05 Å². The summed E-state index contributed by atoms with van der Waals surface area (Å²) in [6, 6.07) is 1.85. The minimum Gasteiger partial charge on any atom is -0.486 e. The average molecular weight is 300 g/mol. The number of Topliss-reactive ketones (excluding diaryl/α,β-unsaturated/α-hetero) is 1. The second-order valence-corrected chi connectivity index (χ2v) is 4.69. The van der Waals surface area contributed by atoms with Crippen LogP contribution in [0.5, 0.6) is 11.5 Å². The summed E-state index contributed by atoms with van der Waals surface area (Å²) in [4.78, 5) is 12.1. The van der Waals surface area contributed by atoms with Crippen LogP contribution in [0.3, 0.4) is 0 Å². The molecule has 0 amide bonds. The fraction of sp³-hybridized carbons (Fsp3) is 0.417. The van der Waals surface area contributed by atoms with E-state index >= 15 is 0 Å². The lowest BCUT2D eigenvalue weighted by molar-refractivity contribution is 0.0981. The lowest BCUT2D eigenvalue weighted by Gasteiger charge is -2.22. The van der Waals surface area contributed by atoms with Crippen LogP contribution >= 0.6 is 15.9 Å². The Bertz CT molecular complexity index is 460. The first-order valence-electron chi connectivity index (χ1n) is 5.41. The fourth-order valence-corrected chi connectivity index (χ4v) is 2.24. The van der Waals surface area contributed by atoms with Gasteiger partial charge in [-0.1, -0.05) is 15.9 Å². The van der Waals surface area contributed by atoms with Crippen LogP contribution in [0.25, 0.3) is 0 Å². The van der Waals surface area contributed by atoms with Crippen molar-refractivity contribution in [1.82, 2.24) is 5.32 Å². The molecule has 0 spiro atoms. The van der Waals surface area contributed by atoms with Gasteiger partial charge in [-0.15, -0.1) is 0 Å². The van der Waals surface area contributed by atoms with Crippen molar-refractivity contribution >= 4 is 21.7 Å². The lowest BCUT2D eigenvalue weighted by atomic mass is 10.0. The Morgan fingerprint density at radius 3 is 2.88 bits per heavy atom. The second kappa shape index (κ2) is 5.06. The van der Waals surface area contributed by atoms with E-state index in [-0.39, 0.29) is 12.3 Å². The fourth-order valence-electron chi connectivity index (χ4n) is 1.83. The van der Waals surface area contributed by atoms with E-state index < -0.39 is 0 Å². The highest BCUT2D eigenvalue weighted by Gasteiger charge is 2.24. The van der Waals surface area contributed by atoms with Crippen molar-refractivity contribution in [2.24, 2.45) is 0 Å². The lowest BCUT2D eigenvalue weighted by Crippen LogP contribution is -2.23. The Balaban J connectivity index is 2.54. The van der Waals surface area contributed by atoms with Gasteiger partial charge in [-0.05, 0) is 25.6 Å². The van der Waals surface area contributed by atoms with Crippen LogP contribution in [0.2, 0.25) is 0 Å². The highest BCUT2D eigenvalue weighted by Crippen LogP contribution is 2.39. The Kier molecular flexibility index (Phi) is 3.69. The predicted molar refractivity (Wildman–Crippen MR) is 68.1 cm³/mol. The third-order valence-electron chi connectivity index (χ3n) is 2.65. The maximum atomic E-state index is 12.1. The van der Waals surface area contributed by atoms with Crippen molar-refractivity contribution in [1.29, 1.82) is 0 Å². The average Bonchev–Trinajstić information content (AvgIpc) is 2.31. The number of hydrogen-bond donors (Lipinski definition) is 1. The van der Waals surface area contributed by atoms with Crippen LogP contribution in [0.15, 0.2) is 10.5 Å². The van der Waals surface area contributed by atoms with Crippen molar-refractivity contribution in [3.05, 3.63) is 21.7 Å². The highest BCUT2D eigenvalue weighted by molar-refractivity contribution is 9.10. The topological polar surface area (TPSA) is 47.6 Å². The summed E-state index contributed by atoms with van der Waals surface area (Å²) in [5, 5.41) is 2.86. The largest absolute Gasteiger partial charge is 0.486 e. The molecule has 1 aliphatic heterocycles. The maximum Gasteiger partial charge on any atom is 0.180 e. The minimum atomic E-state index is 0.00745. The molecule has 2 rings (SSSR count). The zero-order valence-corrected chi connectivity index (χ0v) is 11.4. The molecule has 0 aliphatic carbocycles. The summed E-state index contributed by atoms with van der Waals surface area (Å²) in [5.74, 6) is 1.21. The van der Waals surface area contributed by atoms with Gasteiger partial charge in [-0.3, -0.25) is 4.79 Å². The van der Waals surface area contributed by atoms with E-state index in [4.69, 9.17) is 9.47 Å². The van der Waals surface area contributed by atoms with Crippen molar-refractivity contribution in [2.75, 3.05) is 26.8 Å². The third-order valence-corrected chi connectivity index (χ3v) is 3.47. The van der Waals surface area contributed by atoms with E-state index in [9.17, 15) is 4.79 Å². The molecule has 1 heterocycles. The van der Waals surface area contributed by atoms with Crippen LogP contribution in [0, 0.1) is 6.92 Å². The summed E-state index contributed by atoms with van der Waals surface area (Å²) in [6.45, 7) is 3.17. The summed E-state index contributed by atoms with van der Waals surface area (Å²) in [7, 11) is 1.75. The molecule has 0 aromatic heterocycles. The smallest absolute Gasteiger partial charge is 0.180 e. The SMILES string of the molecule is CNCC(=O)c1c(C)c(Br)cc2c1OCCO2. The molecule has 17 heavy (non-hydrogen) atoms. The number of carbonyl (C=O) groups is 1. The monoisotopic (exact) mass is 299 g/mol. The van der Waals surface area contributed by atoms with Gasteiger partial charge < -0.3 is 14.8 Å². The Hall–Kier alpha value is -1.07. The summed E-state index contributed by atoms with van der Waals surface area (Å²) in [6.07, 6.45) is 0. The molecule has 0 saturated carbocycles. The summed E-state index contributed by atoms with van der Waals surface area (Å²) >= 11 is 3.44. The molecule has 4 nitrogen and oxygen atoms in total. The van der Waals surface area contributed by atoms with E-state index in [0.29, 0.717) is 30.3 Å². The van der Waals surface area contributed by atoms with E-state index in [2.05, 4.69) is 21.2 Å². The quantitative estimate of drug-likeness (QED) is 0.867. The van der Waals surface area contributed by atoms with Gasteiger partial charge in [0.2, 0.25) is 0 Å². The van der Waals surface area contributed by atoms with Gasteiger partial charge in [-0.25, -0.2) is 0 Å². The zero-order chi connectivity index (χ0) is 12.4. The minimum absolute atomic E-state index is 0.00745. The number of likely N-dealkylation sites (N-methyl/N-ethyl adjacent to an activating group) is 1. The number of ketones is 1. The van der Waals surface area contributed by atoms with Gasteiger partial charge in [0.05, 0.1) is 12.1 Å².